The second-order valence-electron chi connectivity index (χ2n) is 5.56. The Morgan fingerprint density at radius 2 is 1.65 bits per heavy atom. The lowest BCUT2D eigenvalue weighted by atomic mass is 10.0. The number of pyridine rings is 1. The Kier molecular flexibility index (Phi) is 4.07. The van der Waals surface area contributed by atoms with Crippen LogP contribution >= 0.6 is 0 Å². The molecule has 1 aromatic heterocycles. The van der Waals surface area contributed by atoms with Crippen molar-refractivity contribution in [2.45, 2.75) is 13.8 Å². The van der Waals surface area contributed by atoms with E-state index in [1.54, 1.807) is 6.20 Å². The molecule has 2 aromatic carbocycles. The summed E-state index contributed by atoms with van der Waals surface area (Å²) in [6, 6.07) is 20.3. The SMILES string of the molecule is Cc1cc(C)cc(Nc2nccc(-c3ccccc3)c2C#N)c1. The van der Waals surface area contributed by atoms with Crippen molar-refractivity contribution in [3.8, 4) is 17.2 Å². The molecule has 0 atom stereocenters. The molecule has 3 aromatic rings. The van der Waals surface area contributed by atoms with E-state index >= 15 is 0 Å². The van der Waals surface area contributed by atoms with Crippen LogP contribution in [0.25, 0.3) is 11.1 Å². The lowest BCUT2D eigenvalue weighted by Crippen LogP contribution is -1.99. The van der Waals surface area contributed by atoms with E-state index in [1.807, 2.05) is 48.5 Å². The predicted octanol–water partition coefficient (Wildman–Crippen LogP) is 4.98. The Hall–Kier alpha value is -3.12. The highest BCUT2D eigenvalue weighted by atomic mass is 15.0. The van der Waals surface area contributed by atoms with Crippen molar-refractivity contribution in [1.82, 2.24) is 4.98 Å². The first kappa shape index (κ1) is 14.8. The average molecular weight is 299 g/mol. The molecule has 0 saturated heterocycles. The molecule has 3 heteroatoms. The first-order valence-electron chi connectivity index (χ1n) is 7.47. The summed E-state index contributed by atoms with van der Waals surface area (Å²) in [7, 11) is 0. The van der Waals surface area contributed by atoms with Crippen LogP contribution in [-0.2, 0) is 0 Å². The number of rotatable bonds is 3. The first-order chi connectivity index (χ1) is 11.2. The fourth-order valence-electron chi connectivity index (χ4n) is 2.71. The van der Waals surface area contributed by atoms with Gasteiger partial charge < -0.3 is 5.32 Å². The predicted molar refractivity (Wildman–Crippen MR) is 93.6 cm³/mol. The van der Waals surface area contributed by atoms with Gasteiger partial charge in [0.2, 0.25) is 0 Å². The fourth-order valence-corrected chi connectivity index (χ4v) is 2.71. The largest absolute Gasteiger partial charge is 0.339 e. The number of hydrogen-bond acceptors (Lipinski definition) is 3. The minimum absolute atomic E-state index is 0.554. The lowest BCUT2D eigenvalue weighted by Gasteiger charge is -2.12. The van der Waals surface area contributed by atoms with Crippen LogP contribution in [0.15, 0.2) is 60.8 Å². The van der Waals surface area contributed by atoms with Gasteiger partial charge in [0.1, 0.15) is 17.5 Å². The van der Waals surface area contributed by atoms with Gasteiger partial charge in [-0.3, -0.25) is 0 Å². The van der Waals surface area contributed by atoms with Gasteiger partial charge in [0, 0.05) is 17.4 Å². The summed E-state index contributed by atoms with van der Waals surface area (Å²) < 4.78 is 0. The van der Waals surface area contributed by atoms with Gasteiger partial charge in [-0.05, 0) is 48.7 Å². The highest BCUT2D eigenvalue weighted by Gasteiger charge is 2.11. The number of nitrogens with zero attached hydrogens (tertiary/aromatic N) is 2. The van der Waals surface area contributed by atoms with E-state index in [0.717, 1.165) is 16.8 Å². The third-order valence-corrected chi connectivity index (χ3v) is 3.63. The van der Waals surface area contributed by atoms with Crippen molar-refractivity contribution in [3.63, 3.8) is 0 Å². The fraction of sp³-hybridized carbons (Fsp3) is 0.100. The van der Waals surface area contributed by atoms with Gasteiger partial charge in [-0.25, -0.2) is 4.98 Å². The maximum Gasteiger partial charge on any atom is 0.148 e. The Morgan fingerprint density at radius 1 is 0.957 bits per heavy atom. The number of aryl methyl sites for hydroxylation is 2. The van der Waals surface area contributed by atoms with Gasteiger partial charge in [0.25, 0.3) is 0 Å². The maximum atomic E-state index is 9.62. The molecule has 0 bridgehead atoms. The highest BCUT2D eigenvalue weighted by molar-refractivity contribution is 5.77. The van der Waals surface area contributed by atoms with Gasteiger partial charge >= 0.3 is 0 Å². The summed E-state index contributed by atoms with van der Waals surface area (Å²) in [5.74, 6) is 0.582. The zero-order valence-electron chi connectivity index (χ0n) is 13.2. The number of anilines is 2. The molecule has 112 valence electrons. The van der Waals surface area contributed by atoms with E-state index in [1.165, 1.54) is 11.1 Å². The number of hydrogen-bond donors (Lipinski definition) is 1. The standard InChI is InChI=1S/C20H17N3/c1-14-10-15(2)12-17(11-14)23-20-19(13-21)18(8-9-22-20)16-6-4-3-5-7-16/h3-12H,1-2H3,(H,22,23). The second-order valence-corrected chi connectivity index (χ2v) is 5.56. The normalized spacial score (nSPS) is 10.1. The van der Waals surface area contributed by atoms with Crippen LogP contribution in [0.5, 0.6) is 0 Å². The number of aromatic nitrogens is 1. The molecule has 0 radical (unpaired) electrons. The summed E-state index contributed by atoms with van der Waals surface area (Å²) in [4.78, 5) is 4.36. The average Bonchev–Trinajstić information content (AvgIpc) is 2.54. The second kappa shape index (κ2) is 6.33. The van der Waals surface area contributed by atoms with E-state index in [4.69, 9.17) is 0 Å². The summed E-state index contributed by atoms with van der Waals surface area (Å²) in [6.45, 7) is 4.11. The maximum absolute atomic E-state index is 9.62. The zero-order chi connectivity index (χ0) is 16.2. The third-order valence-electron chi connectivity index (χ3n) is 3.63. The van der Waals surface area contributed by atoms with Crippen molar-refractivity contribution >= 4 is 11.5 Å². The molecule has 1 heterocycles. The van der Waals surface area contributed by atoms with Gasteiger partial charge in [-0.1, -0.05) is 36.4 Å². The molecule has 0 saturated carbocycles. The van der Waals surface area contributed by atoms with Crippen LogP contribution in [0.2, 0.25) is 0 Å². The molecule has 23 heavy (non-hydrogen) atoms. The Labute approximate surface area is 136 Å². The van der Waals surface area contributed by atoms with Crippen LogP contribution in [0, 0.1) is 25.2 Å². The molecule has 0 aliphatic heterocycles. The molecule has 3 nitrogen and oxygen atoms in total. The summed E-state index contributed by atoms with van der Waals surface area (Å²) in [6.07, 6.45) is 1.73. The molecule has 0 amide bonds. The molecule has 0 fully saturated rings. The van der Waals surface area contributed by atoms with Crippen molar-refractivity contribution in [3.05, 3.63) is 77.5 Å². The molecule has 3 rings (SSSR count). The zero-order valence-corrected chi connectivity index (χ0v) is 13.2. The van der Waals surface area contributed by atoms with E-state index in [9.17, 15) is 5.26 Å². The highest BCUT2D eigenvalue weighted by Crippen LogP contribution is 2.29. The molecule has 1 N–H and O–H groups in total. The van der Waals surface area contributed by atoms with E-state index in [-0.39, 0.29) is 0 Å². The number of nitrogens with one attached hydrogen (secondary N) is 1. The van der Waals surface area contributed by atoms with Crippen LogP contribution in [-0.4, -0.2) is 4.98 Å². The Balaban J connectivity index is 2.05. The van der Waals surface area contributed by atoms with Crippen LogP contribution in [0.1, 0.15) is 16.7 Å². The van der Waals surface area contributed by atoms with E-state index < -0.39 is 0 Å². The Morgan fingerprint density at radius 3 is 2.30 bits per heavy atom. The van der Waals surface area contributed by atoms with Crippen LogP contribution in [0.4, 0.5) is 11.5 Å². The van der Waals surface area contributed by atoms with Gasteiger partial charge in [-0.2, -0.15) is 5.26 Å². The molecule has 0 spiro atoms. The molecule has 0 aliphatic rings. The van der Waals surface area contributed by atoms with Crippen molar-refractivity contribution < 1.29 is 0 Å². The summed E-state index contributed by atoms with van der Waals surface area (Å²) >= 11 is 0. The summed E-state index contributed by atoms with van der Waals surface area (Å²) in [5.41, 5.74) is 5.73. The van der Waals surface area contributed by atoms with Crippen molar-refractivity contribution in [2.24, 2.45) is 0 Å². The van der Waals surface area contributed by atoms with Gasteiger partial charge in [0.15, 0.2) is 0 Å². The molecular formula is C20H17N3. The minimum Gasteiger partial charge on any atom is -0.339 e. The van der Waals surface area contributed by atoms with Crippen molar-refractivity contribution in [1.29, 1.82) is 5.26 Å². The van der Waals surface area contributed by atoms with Crippen LogP contribution < -0.4 is 5.32 Å². The molecule has 0 aliphatic carbocycles. The molecule has 0 unspecified atom stereocenters. The van der Waals surface area contributed by atoms with Crippen LogP contribution in [0.3, 0.4) is 0 Å². The minimum atomic E-state index is 0.554. The lowest BCUT2D eigenvalue weighted by molar-refractivity contribution is 1.28. The smallest absolute Gasteiger partial charge is 0.148 e. The Bertz CT molecular complexity index is 857. The monoisotopic (exact) mass is 299 g/mol. The number of nitriles is 1. The van der Waals surface area contributed by atoms with Crippen molar-refractivity contribution in [2.75, 3.05) is 5.32 Å². The van der Waals surface area contributed by atoms with Gasteiger partial charge in [0.05, 0.1) is 0 Å². The number of benzene rings is 2. The summed E-state index contributed by atoms with van der Waals surface area (Å²) in [5, 5.41) is 12.9. The van der Waals surface area contributed by atoms with E-state index in [0.29, 0.717) is 11.4 Å². The quantitative estimate of drug-likeness (QED) is 0.742. The van der Waals surface area contributed by atoms with E-state index in [2.05, 4.69) is 36.3 Å². The van der Waals surface area contributed by atoms with Gasteiger partial charge in [-0.15, -0.1) is 0 Å². The topological polar surface area (TPSA) is 48.7 Å². The first-order valence-corrected chi connectivity index (χ1v) is 7.47. The third kappa shape index (κ3) is 3.22. The molecular weight excluding hydrogens is 282 g/mol.